The third kappa shape index (κ3) is 4.12. The van der Waals surface area contributed by atoms with Crippen LogP contribution in [0, 0.1) is 5.92 Å². The Labute approximate surface area is 125 Å². The van der Waals surface area contributed by atoms with E-state index in [4.69, 9.17) is 0 Å². The topological polar surface area (TPSA) is 87.7 Å². The average molecular weight is 308 g/mol. The molecule has 0 spiro atoms. The predicted octanol–water partition coefficient (Wildman–Crippen LogP) is 2.04. The van der Waals surface area contributed by atoms with Crippen molar-refractivity contribution in [2.24, 2.45) is 5.92 Å². The van der Waals surface area contributed by atoms with Crippen LogP contribution in [0.4, 0.5) is 0 Å². The lowest BCUT2D eigenvalue weighted by atomic mass is 10.0. The largest absolute Gasteiger partial charge is 0.262 e. The van der Waals surface area contributed by atoms with Gasteiger partial charge in [-0.25, -0.2) is 18.1 Å². The SMILES string of the molecule is CC(C)Cc1ccc(S(=O)(=O)NC(C)c2ncn[nH]2)cc1. The minimum atomic E-state index is -3.57. The van der Waals surface area contributed by atoms with Gasteiger partial charge in [0.2, 0.25) is 10.0 Å². The van der Waals surface area contributed by atoms with E-state index in [0.717, 1.165) is 12.0 Å². The molecule has 114 valence electrons. The number of nitrogens with one attached hydrogen (secondary N) is 2. The van der Waals surface area contributed by atoms with Gasteiger partial charge in [-0.3, -0.25) is 5.10 Å². The lowest BCUT2D eigenvalue weighted by Gasteiger charge is -2.12. The number of hydrogen-bond donors (Lipinski definition) is 2. The maximum Gasteiger partial charge on any atom is 0.241 e. The summed E-state index contributed by atoms with van der Waals surface area (Å²) in [7, 11) is -3.57. The first-order chi connectivity index (χ1) is 9.88. The van der Waals surface area contributed by atoms with E-state index in [1.54, 1.807) is 19.1 Å². The fourth-order valence-corrected chi connectivity index (χ4v) is 3.26. The van der Waals surface area contributed by atoms with E-state index in [-0.39, 0.29) is 4.90 Å². The number of aromatic nitrogens is 3. The highest BCUT2D eigenvalue weighted by atomic mass is 32.2. The molecule has 1 heterocycles. The summed E-state index contributed by atoms with van der Waals surface area (Å²) in [4.78, 5) is 4.20. The lowest BCUT2D eigenvalue weighted by Crippen LogP contribution is -2.27. The van der Waals surface area contributed by atoms with Gasteiger partial charge in [0.15, 0.2) is 0 Å². The fourth-order valence-electron chi connectivity index (χ4n) is 2.06. The zero-order valence-corrected chi connectivity index (χ0v) is 13.2. The Balaban J connectivity index is 2.12. The monoisotopic (exact) mass is 308 g/mol. The zero-order chi connectivity index (χ0) is 15.5. The van der Waals surface area contributed by atoms with E-state index in [1.165, 1.54) is 6.33 Å². The number of nitrogens with zero attached hydrogens (tertiary/aromatic N) is 2. The first-order valence-electron chi connectivity index (χ1n) is 6.85. The highest BCUT2D eigenvalue weighted by molar-refractivity contribution is 7.89. The summed E-state index contributed by atoms with van der Waals surface area (Å²) in [6, 6.07) is 6.51. The summed E-state index contributed by atoms with van der Waals surface area (Å²) < 4.78 is 27.2. The summed E-state index contributed by atoms with van der Waals surface area (Å²) in [5.74, 6) is 1.02. The molecule has 2 aromatic rings. The molecule has 1 atom stereocenters. The van der Waals surface area contributed by atoms with Crippen LogP contribution in [0.25, 0.3) is 0 Å². The third-order valence-corrected chi connectivity index (χ3v) is 4.61. The first kappa shape index (κ1) is 15.7. The molecule has 21 heavy (non-hydrogen) atoms. The molecule has 1 aromatic heterocycles. The molecule has 0 aliphatic heterocycles. The second kappa shape index (κ2) is 6.36. The van der Waals surface area contributed by atoms with Crippen molar-refractivity contribution in [1.29, 1.82) is 0 Å². The Hall–Kier alpha value is -1.73. The van der Waals surface area contributed by atoms with E-state index in [9.17, 15) is 8.42 Å². The molecule has 0 amide bonds. The summed E-state index contributed by atoms with van der Waals surface area (Å²) >= 11 is 0. The van der Waals surface area contributed by atoms with E-state index in [0.29, 0.717) is 11.7 Å². The zero-order valence-electron chi connectivity index (χ0n) is 12.4. The van der Waals surface area contributed by atoms with Gasteiger partial charge in [-0.15, -0.1) is 0 Å². The van der Waals surface area contributed by atoms with Crippen LogP contribution in [-0.2, 0) is 16.4 Å². The minimum Gasteiger partial charge on any atom is -0.262 e. The van der Waals surface area contributed by atoms with Gasteiger partial charge >= 0.3 is 0 Å². The van der Waals surface area contributed by atoms with Crippen LogP contribution >= 0.6 is 0 Å². The normalized spacial score (nSPS) is 13.5. The molecule has 0 radical (unpaired) electrons. The molecule has 0 fully saturated rings. The summed E-state index contributed by atoms with van der Waals surface area (Å²) in [6.07, 6.45) is 2.28. The molecule has 1 unspecified atom stereocenters. The predicted molar refractivity (Wildman–Crippen MR) is 80.1 cm³/mol. The quantitative estimate of drug-likeness (QED) is 0.855. The summed E-state index contributed by atoms with van der Waals surface area (Å²) in [5, 5.41) is 6.37. The third-order valence-electron chi connectivity index (χ3n) is 3.05. The summed E-state index contributed by atoms with van der Waals surface area (Å²) in [6.45, 7) is 5.97. The van der Waals surface area contributed by atoms with Crippen molar-refractivity contribution in [3.63, 3.8) is 0 Å². The number of hydrogen-bond acceptors (Lipinski definition) is 4. The van der Waals surface area contributed by atoms with Crippen molar-refractivity contribution >= 4 is 10.0 Å². The molecule has 1 aromatic carbocycles. The van der Waals surface area contributed by atoms with Crippen LogP contribution in [0.3, 0.4) is 0 Å². The Morgan fingerprint density at radius 3 is 2.38 bits per heavy atom. The molecule has 7 heteroatoms. The number of H-pyrrole nitrogens is 1. The van der Waals surface area contributed by atoms with E-state index >= 15 is 0 Å². The van der Waals surface area contributed by atoms with Gasteiger partial charge in [-0.2, -0.15) is 5.10 Å². The Bertz CT molecular complexity index is 664. The van der Waals surface area contributed by atoms with E-state index < -0.39 is 16.1 Å². The van der Waals surface area contributed by atoms with Crippen molar-refractivity contribution < 1.29 is 8.42 Å². The second-order valence-corrected chi connectivity index (χ2v) is 7.17. The molecule has 2 rings (SSSR count). The van der Waals surface area contributed by atoms with Crippen LogP contribution < -0.4 is 4.72 Å². The van der Waals surface area contributed by atoms with Gasteiger partial charge < -0.3 is 0 Å². The Morgan fingerprint density at radius 1 is 1.19 bits per heavy atom. The van der Waals surface area contributed by atoms with Crippen molar-refractivity contribution in [2.45, 2.75) is 38.1 Å². The first-order valence-corrected chi connectivity index (χ1v) is 8.33. The number of aromatic amines is 1. The Morgan fingerprint density at radius 2 is 1.86 bits per heavy atom. The van der Waals surface area contributed by atoms with Gasteiger partial charge in [-0.1, -0.05) is 26.0 Å². The van der Waals surface area contributed by atoms with Gasteiger partial charge in [-0.05, 0) is 37.0 Å². The molecule has 0 saturated heterocycles. The van der Waals surface area contributed by atoms with Crippen LogP contribution in [0.1, 0.15) is 38.2 Å². The number of sulfonamides is 1. The maximum absolute atomic E-state index is 12.3. The number of rotatable bonds is 6. The smallest absolute Gasteiger partial charge is 0.241 e. The van der Waals surface area contributed by atoms with Gasteiger partial charge in [0.1, 0.15) is 12.2 Å². The Kier molecular flexibility index (Phi) is 4.74. The molecule has 0 bridgehead atoms. The molecule has 0 saturated carbocycles. The van der Waals surface area contributed by atoms with Crippen molar-refractivity contribution in [2.75, 3.05) is 0 Å². The van der Waals surface area contributed by atoms with Crippen molar-refractivity contribution in [3.05, 3.63) is 42.0 Å². The van der Waals surface area contributed by atoms with E-state index in [1.807, 2.05) is 12.1 Å². The van der Waals surface area contributed by atoms with Gasteiger partial charge in [0.25, 0.3) is 0 Å². The molecule has 2 N–H and O–H groups in total. The average Bonchev–Trinajstić information content (AvgIpc) is 2.92. The van der Waals surface area contributed by atoms with E-state index in [2.05, 4.69) is 33.8 Å². The lowest BCUT2D eigenvalue weighted by molar-refractivity contribution is 0.560. The molecule has 6 nitrogen and oxygen atoms in total. The van der Waals surface area contributed by atoms with Gasteiger partial charge in [0, 0.05) is 0 Å². The van der Waals surface area contributed by atoms with Crippen molar-refractivity contribution in [1.82, 2.24) is 19.9 Å². The van der Waals surface area contributed by atoms with Crippen LogP contribution in [0.5, 0.6) is 0 Å². The summed E-state index contributed by atoms with van der Waals surface area (Å²) in [5.41, 5.74) is 1.13. The highest BCUT2D eigenvalue weighted by Gasteiger charge is 2.19. The second-order valence-electron chi connectivity index (χ2n) is 5.46. The van der Waals surface area contributed by atoms with Gasteiger partial charge in [0.05, 0.1) is 10.9 Å². The molecule has 0 aliphatic carbocycles. The minimum absolute atomic E-state index is 0.251. The van der Waals surface area contributed by atoms with Crippen molar-refractivity contribution in [3.8, 4) is 0 Å². The molecule has 0 aliphatic rings. The highest BCUT2D eigenvalue weighted by Crippen LogP contribution is 2.16. The van der Waals surface area contributed by atoms with Crippen LogP contribution in [-0.4, -0.2) is 23.6 Å². The maximum atomic E-state index is 12.3. The molecular weight excluding hydrogens is 288 g/mol. The fraction of sp³-hybridized carbons (Fsp3) is 0.429. The van der Waals surface area contributed by atoms with Crippen LogP contribution in [0.15, 0.2) is 35.5 Å². The standard InChI is InChI=1S/C14H20N4O2S/c1-10(2)8-12-4-6-13(7-5-12)21(19,20)18-11(3)14-15-9-16-17-14/h4-7,9-11,18H,8H2,1-3H3,(H,15,16,17). The molecular formula is C14H20N4O2S. The number of benzene rings is 1. The van der Waals surface area contributed by atoms with Crippen LogP contribution in [0.2, 0.25) is 0 Å².